The molecule has 0 bridgehead atoms. The normalized spacial score (nSPS) is 19.8. The Hall–Kier alpha value is -2.04. The topological polar surface area (TPSA) is 80.2 Å². The predicted octanol–water partition coefficient (Wildman–Crippen LogP) is 2.23. The highest BCUT2D eigenvalue weighted by molar-refractivity contribution is 8.26. The number of hydrogen-bond acceptors (Lipinski definition) is 8. The lowest BCUT2D eigenvalue weighted by molar-refractivity contribution is -0.123. The second-order valence-corrected chi connectivity index (χ2v) is 8.54. The molecule has 0 unspecified atom stereocenters. The molecular weight excluding hydrogens is 406 g/mol. The van der Waals surface area contributed by atoms with Crippen LogP contribution in [-0.2, 0) is 9.59 Å². The second-order valence-electron chi connectivity index (χ2n) is 5.78. The Morgan fingerprint density at radius 1 is 1.37 bits per heavy atom. The van der Waals surface area contributed by atoms with Gasteiger partial charge in [-0.3, -0.25) is 19.5 Å². The average Bonchev–Trinajstić information content (AvgIpc) is 3.36. The Balaban J connectivity index is 1.38. The lowest BCUT2D eigenvalue weighted by Gasteiger charge is -2.13. The van der Waals surface area contributed by atoms with Crippen LogP contribution in [-0.4, -0.2) is 51.8 Å². The maximum absolute atomic E-state index is 12.6. The molecule has 27 heavy (non-hydrogen) atoms. The largest absolute Gasteiger partial charge is 0.454 e. The van der Waals surface area contributed by atoms with Gasteiger partial charge < -0.3 is 14.8 Å². The molecule has 0 aromatic heterocycles. The van der Waals surface area contributed by atoms with E-state index in [0.717, 1.165) is 17.9 Å². The van der Waals surface area contributed by atoms with Crippen molar-refractivity contribution >= 4 is 63.1 Å². The summed E-state index contributed by atoms with van der Waals surface area (Å²) in [7, 11) is 0. The molecule has 1 aromatic rings. The first-order chi connectivity index (χ1) is 13.1. The fraction of sp³-hybridized carbons (Fsp3) is 0.294. The zero-order valence-electron chi connectivity index (χ0n) is 14.1. The number of fused-ring (bicyclic) bond motifs is 1. The lowest BCUT2D eigenvalue weighted by Crippen LogP contribution is -2.34. The van der Waals surface area contributed by atoms with Gasteiger partial charge in [-0.15, -0.1) is 0 Å². The van der Waals surface area contributed by atoms with Crippen molar-refractivity contribution in [3.8, 4) is 11.5 Å². The summed E-state index contributed by atoms with van der Waals surface area (Å²) in [6.07, 6.45) is 1.94. The molecule has 3 aliphatic heterocycles. The Morgan fingerprint density at radius 2 is 2.22 bits per heavy atom. The summed E-state index contributed by atoms with van der Waals surface area (Å²) in [4.78, 5) is 30.8. The number of ether oxygens (including phenoxy) is 2. The van der Waals surface area contributed by atoms with Gasteiger partial charge in [0.1, 0.15) is 4.32 Å². The molecule has 4 rings (SSSR count). The minimum absolute atomic E-state index is 0.169. The van der Waals surface area contributed by atoms with Crippen molar-refractivity contribution in [2.75, 3.05) is 25.6 Å². The number of nitrogens with one attached hydrogen (secondary N) is 1. The average molecular weight is 422 g/mol. The van der Waals surface area contributed by atoms with E-state index in [4.69, 9.17) is 21.7 Å². The van der Waals surface area contributed by atoms with Crippen LogP contribution in [0.3, 0.4) is 0 Å². The second kappa shape index (κ2) is 7.91. The number of amides is 2. The fourth-order valence-corrected chi connectivity index (χ4v) is 4.71. The molecule has 1 aromatic carbocycles. The smallest absolute Gasteiger partial charge is 0.266 e. The van der Waals surface area contributed by atoms with Crippen molar-refractivity contribution < 1.29 is 19.1 Å². The van der Waals surface area contributed by atoms with Crippen molar-refractivity contribution in [3.05, 3.63) is 28.7 Å². The minimum atomic E-state index is -0.192. The summed E-state index contributed by atoms with van der Waals surface area (Å²) < 4.78 is 11.1. The van der Waals surface area contributed by atoms with Crippen LogP contribution in [0.25, 0.3) is 6.08 Å². The number of aliphatic imine (C=N–C) groups is 1. The molecule has 0 radical (unpaired) electrons. The first kappa shape index (κ1) is 18.3. The van der Waals surface area contributed by atoms with E-state index in [-0.39, 0.29) is 31.6 Å². The van der Waals surface area contributed by atoms with Gasteiger partial charge in [-0.25, -0.2) is 0 Å². The summed E-state index contributed by atoms with van der Waals surface area (Å²) in [6, 6.07) is 5.48. The SMILES string of the molecule is O=C(CCN1C(=O)/C(=C/c2ccc3c(c2)OCO3)SC1=S)NC1=NCCS1. The van der Waals surface area contributed by atoms with Gasteiger partial charge in [0.05, 0.1) is 11.4 Å². The zero-order valence-corrected chi connectivity index (χ0v) is 16.5. The molecule has 0 aliphatic carbocycles. The van der Waals surface area contributed by atoms with Gasteiger partial charge in [-0.1, -0.05) is 41.8 Å². The number of thioether (sulfide) groups is 2. The fourth-order valence-electron chi connectivity index (χ4n) is 2.65. The van der Waals surface area contributed by atoms with E-state index < -0.39 is 0 Å². The molecule has 0 saturated carbocycles. The standard InChI is InChI=1S/C17H15N3O4S3/c21-14(19-16-18-4-6-26-16)3-5-20-15(22)13(27-17(20)25)8-10-1-2-11-12(7-10)24-9-23-11/h1-2,7-8H,3-6,9H2,(H,18,19,21)/b13-8-. The van der Waals surface area contributed by atoms with E-state index >= 15 is 0 Å². The Bertz CT molecular complexity index is 884. The summed E-state index contributed by atoms with van der Waals surface area (Å²) >= 11 is 8.06. The summed E-state index contributed by atoms with van der Waals surface area (Å²) in [5, 5.41) is 3.40. The number of nitrogens with zero attached hydrogens (tertiary/aromatic N) is 2. The van der Waals surface area contributed by atoms with E-state index in [0.29, 0.717) is 25.9 Å². The number of benzene rings is 1. The number of thiocarbonyl (C=S) groups is 1. The quantitative estimate of drug-likeness (QED) is 0.590. The van der Waals surface area contributed by atoms with Gasteiger partial charge in [-0.05, 0) is 23.8 Å². The highest BCUT2D eigenvalue weighted by atomic mass is 32.2. The maximum atomic E-state index is 12.6. The molecule has 10 heteroatoms. The van der Waals surface area contributed by atoms with E-state index in [2.05, 4.69) is 10.3 Å². The van der Waals surface area contributed by atoms with E-state index in [1.54, 1.807) is 6.08 Å². The third kappa shape index (κ3) is 4.12. The molecule has 1 N–H and O–H groups in total. The van der Waals surface area contributed by atoms with Gasteiger partial charge in [0, 0.05) is 18.7 Å². The van der Waals surface area contributed by atoms with Crippen molar-refractivity contribution in [3.63, 3.8) is 0 Å². The summed E-state index contributed by atoms with van der Waals surface area (Å²) in [5.41, 5.74) is 0.828. The van der Waals surface area contributed by atoms with E-state index in [1.807, 2.05) is 18.2 Å². The van der Waals surface area contributed by atoms with Crippen LogP contribution in [0.1, 0.15) is 12.0 Å². The number of carbonyl (C=O) groups is 2. The minimum Gasteiger partial charge on any atom is -0.454 e. The maximum Gasteiger partial charge on any atom is 0.266 e. The number of amidine groups is 1. The van der Waals surface area contributed by atoms with Crippen LogP contribution >= 0.6 is 35.7 Å². The van der Waals surface area contributed by atoms with Crippen LogP contribution in [0.15, 0.2) is 28.1 Å². The van der Waals surface area contributed by atoms with Gasteiger partial charge >= 0.3 is 0 Å². The van der Waals surface area contributed by atoms with Gasteiger partial charge in [0.15, 0.2) is 16.7 Å². The number of rotatable bonds is 4. The van der Waals surface area contributed by atoms with Crippen molar-refractivity contribution in [2.24, 2.45) is 4.99 Å². The van der Waals surface area contributed by atoms with Crippen LogP contribution in [0, 0.1) is 0 Å². The molecule has 0 spiro atoms. The Morgan fingerprint density at radius 3 is 3.04 bits per heavy atom. The van der Waals surface area contributed by atoms with Gasteiger partial charge in [0.25, 0.3) is 5.91 Å². The third-order valence-corrected chi connectivity index (χ3v) is 6.23. The molecule has 0 atom stereocenters. The van der Waals surface area contributed by atoms with Crippen molar-refractivity contribution in [2.45, 2.75) is 6.42 Å². The third-order valence-electron chi connectivity index (χ3n) is 3.96. The highest BCUT2D eigenvalue weighted by Crippen LogP contribution is 2.36. The first-order valence-corrected chi connectivity index (χ1v) is 10.4. The molecule has 7 nitrogen and oxygen atoms in total. The van der Waals surface area contributed by atoms with E-state index in [9.17, 15) is 9.59 Å². The van der Waals surface area contributed by atoms with Crippen molar-refractivity contribution in [1.82, 2.24) is 10.2 Å². The summed E-state index contributed by atoms with van der Waals surface area (Å²) in [5.74, 6) is 1.87. The lowest BCUT2D eigenvalue weighted by atomic mass is 10.2. The number of carbonyl (C=O) groups excluding carboxylic acids is 2. The summed E-state index contributed by atoms with van der Waals surface area (Å²) in [6.45, 7) is 1.17. The molecule has 3 heterocycles. The van der Waals surface area contributed by atoms with E-state index in [1.165, 1.54) is 28.4 Å². The van der Waals surface area contributed by atoms with Crippen LogP contribution in [0.5, 0.6) is 11.5 Å². The molecule has 1 saturated heterocycles. The highest BCUT2D eigenvalue weighted by Gasteiger charge is 2.32. The Kier molecular flexibility index (Phi) is 5.37. The van der Waals surface area contributed by atoms with Crippen molar-refractivity contribution in [1.29, 1.82) is 0 Å². The molecule has 2 amide bonds. The van der Waals surface area contributed by atoms with Crippen LogP contribution in [0.2, 0.25) is 0 Å². The van der Waals surface area contributed by atoms with Crippen LogP contribution < -0.4 is 14.8 Å². The van der Waals surface area contributed by atoms with Gasteiger partial charge in [0.2, 0.25) is 12.7 Å². The first-order valence-electron chi connectivity index (χ1n) is 8.22. The van der Waals surface area contributed by atoms with Crippen LogP contribution in [0.4, 0.5) is 0 Å². The molecule has 3 aliphatic rings. The molecular formula is C17H15N3O4S3. The number of hydrogen-bond donors (Lipinski definition) is 1. The molecule has 1 fully saturated rings. The predicted molar refractivity (Wildman–Crippen MR) is 110 cm³/mol. The Labute approximate surface area is 169 Å². The molecule has 140 valence electrons. The zero-order chi connectivity index (χ0) is 18.8. The van der Waals surface area contributed by atoms with Gasteiger partial charge in [-0.2, -0.15) is 0 Å². The monoisotopic (exact) mass is 421 g/mol.